The first-order valence-electron chi connectivity index (χ1n) is 1.90. The zero-order valence-corrected chi connectivity index (χ0v) is 3.64. The van der Waals surface area contributed by atoms with E-state index in [0.717, 1.165) is 0 Å². The summed E-state index contributed by atoms with van der Waals surface area (Å²) in [6.45, 7) is 0.399. The standard InChI is InChI=1S/C4H4N2O/c5-1-4-2-6-7-3-4/h2,6H,3H2. The van der Waals surface area contributed by atoms with Gasteiger partial charge in [0, 0.05) is 6.20 Å². The highest BCUT2D eigenvalue weighted by Crippen LogP contribution is 1.95. The molecule has 1 aliphatic rings. The van der Waals surface area contributed by atoms with Crippen molar-refractivity contribution in [3.05, 3.63) is 11.8 Å². The Morgan fingerprint density at radius 2 is 2.86 bits per heavy atom. The van der Waals surface area contributed by atoms with Crippen molar-refractivity contribution in [3.8, 4) is 6.07 Å². The van der Waals surface area contributed by atoms with Crippen LogP contribution in [0.2, 0.25) is 0 Å². The molecule has 1 aliphatic heterocycles. The maximum absolute atomic E-state index is 8.13. The number of nitriles is 1. The van der Waals surface area contributed by atoms with Crippen LogP contribution in [0.25, 0.3) is 0 Å². The van der Waals surface area contributed by atoms with E-state index in [9.17, 15) is 0 Å². The first-order chi connectivity index (χ1) is 3.43. The van der Waals surface area contributed by atoms with Gasteiger partial charge in [0.05, 0.1) is 11.6 Å². The molecule has 7 heavy (non-hydrogen) atoms. The molecule has 0 spiro atoms. The van der Waals surface area contributed by atoms with Crippen LogP contribution in [0.1, 0.15) is 0 Å². The molecule has 0 aromatic heterocycles. The van der Waals surface area contributed by atoms with Crippen LogP contribution in [0.5, 0.6) is 0 Å². The van der Waals surface area contributed by atoms with Gasteiger partial charge in [-0.05, 0) is 0 Å². The van der Waals surface area contributed by atoms with E-state index in [4.69, 9.17) is 5.26 Å². The molecule has 0 amide bonds. The van der Waals surface area contributed by atoms with Gasteiger partial charge in [0.2, 0.25) is 0 Å². The summed E-state index contributed by atoms with van der Waals surface area (Å²) in [5, 5.41) is 8.13. The van der Waals surface area contributed by atoms with Crippen LogP contribution in [0.3, 0.4) is 0 Å². The number of hydrogen-bond donors (Lipinski definition) is 1. The van der Waals surface area contributed by atoms with Gasteiger partial charge in [0.15, 0.2) is 0 Å². The molecule has 0 fully saturated rings. The van der Waals surface area contributed by atoms with Gasteiger partial charge in [0.1, 0.15) is 6.61 Å². The molecule has 0 radical (unpaired) electrons. The average molecular weight is 96.1 g/mol. The minimum absolute atomic E-state index is 0.399. The molecule has 0 aliphatic carbocycles. The summed E-state index contributed by atoms with van der Waals surface area (Å²) in [4.78, 5) is 4.58. The van der Waals surface area contributed by atoms with E-state index in [1.165, 1.54) is 0 Å². The third-order valence-corrected chi connectivity index (χ3v) is 0.688. The Bertz CT molecular complexity index is 133. The van der Waals surface area contributed by atoms with Crippen LogP contribution in [0, 0.1) is 11.3 Å². The van der Waals surface area contributed by atoms with E-state index in [0.29, 0.717) is 12.2 Å². The van der Waals surface area contributed by atoms with Crippen molar-refractivity contribution in [2.45, 2.75) is 0 Å². The van der Waals surface area contributed by atoms with Crippen molar-refractivity contribution in [1.29, 1.82) is 5.26 Å². The largest absolute Gasteiger partial charge is 0.273 e. The second-order valence-electron chi connectivity index (χ2n) is 1.19. The molecule has 1 rings (SSSR count). The molecule has 0 bridgehead atoms. The Morgan fingerprint density at radius 1 is 2.00 bits per heavy atom. The fraction of sp³-hybridized carbons (Fsp3) is 0.250. The van der Waals surface area contributed by atoms with Crippen molar-refractivity contribution in [3.63, 3.8) is 0 Å². The maximum Gasteiger partial charge on any atom is 0.111 e. The molecule has 1 heterocycles. The number of rotatable bonds is 0. The van der Waals surface area contributed by atoms with Crippen LogP contribution < -0.4 is 5.48 Å². The molecule has 0 saturated carbocycles. The smallest absolute Gasteiger partial charge is 0.111 e. The van der Waals surface area contributed by atoms with Crippen LogP contribution in [-0.2, 0) is 4.84 Å². The molecular formula is C4H4N2O. The quantitative estimate of drug-likeness (QED) is 0.459. The van der Waals surface area contributed by atoms with Gasteiger partial charge in [-0.3, -0.25) is 10.3 Å². The number of nitrogens with zero attached hydrogens (tertiary/aromatic N) is 1. The summed E-state index contributed by atoms with van der Waals surface area (Å²) in [7, 11) is 0. The SMILES string of the molecule is N#CC1=CNOC1. The number of nitrogens with one attached hydrogen (secondary N) is 1. The maximum atomic E-state index is 8.13. The highest BCUT2D eigenvalue weighted by Gasteiger charge is 1.99. The van der Waals surface area contributed by atoms with E-state index in [1.807, 2.05) is 6.07 Å². The predicted molar refractivity (Wildman–Crippen MR) is 22.8 cm³/mol. The summed E-state index contributed by atoms with van der Waals surface area (Å²) in [6.07, 6.45) is 1.54. The molecule has 3 nitrogen and oxygen atoms in total. The fourth-order valence-corrected chi connectivity index (χ4v) is 0.338. The fourth-order valence-electron chi connectivity index (χ4n) is 0.338. The van der Waals surface area contributed by atoms with E-state index < -0.39 is 0 Å². The lowest BCUT2D eigenvalue weighted by atomic mass is 10.4. The van der Waals surface area contributed by atoms with Gasteiger partial charge in [-0.25, -0.2) is 0 Å². The van der Waals surface area contributed by atoms with E-state index in [1.54, 1.807) is 6.20 Å². The summed E-state index contributed by atoms with van der Waals surface area (Å²) in [6, 6.07) is 1.94. The molecule has 0 aromatic carbocycles. The zero-order valence-electron chi connectivity index (χ0n) is 3.64. The Kier molecular flexibility index (Phi) is 0.966. The topological polar surface area (TPSA) is 45.0 Å². The van der Waals surface area contributed by atoms with Crippen LogP contribution in [-0.4, -0.2) is 6.61 Å². The Morgan fingerprint density at radius 3 is 3.14 bits per heavy atom. The molecule has 0 unspecified atom stereocenters. The molecule has 36 valence electrons. The molecule has 3 heteroatoms. The van der Waals surface area contributed by atoms with Crippen LogP contribution in [0.15, 0.2) is 11.8 Å². The first-order valence-corrected chi connectivity index (χ1v) is 1.90. The third-order valence-electron chi connectivity index (χ3n) is 0.688. The van der Waals surface area contributed by atoms with Gasteiger partial charge in [-0.2, -0.15) is 5.26 Å². The lowest BCUT2D eigenvalue weighted by molar-refractivity contribution is 0.114. The minimum Gasteiger partial charge on any atom is -0.273 e. The highest BCUT2D eigenvalue weighted by molar-refractivity contribution is 5.21. The van der Waals surface area contributed by atoms with Crippen molar-refractivity contribution >= 4 is 0 Å². The first kappa shape index (κ1) is 4.16. The Hall–Kier alpha value is -1.01. The molecule has 0 atom stereocenters. The molecular weight excluding hydrogens is 92.1 g/mol. The van der Waals surface area contributed by atoms with Crippen molar-refractivity contribution in [2.24, 2.45) is 0 Å². The van der Waals surface area contributed by atoms with Gasteiger partial charge < -0.3 is 0 Å². The number of hydroxylamine groups is 1. The number of hydrogen-bond acceptors (Lipinski definition) is 3. The average Bonchev–Trinajstić information content (AvgIpc) is 2.14. The van der Waals surface area contributed by atoms with Gasteiger partial charge >= 0.3 is 0 Å². The highest BCUT2D eigenvalue weighted by atomic mass is 16.6. The Balaban J connectivity index is 2.57. The lowest BCUT2D eigenvalue weighted by Gasteiger charge is -1.82. The second kappa shape index (κ2) is 1.63. The Labute approximate surface area is 41.1 Å². The van der Waals surface area contributed by atoms with Crippen molar-refractivity contribution < 1.29 is 4.84 Å². The van der Waals surface area contributed by atoms with Gasteiger partial charge in [-0.15, -0.1) is 0 Å². The zero-order chi connectivity index (χ0) is 5.11. The minimum atomic E-state index is 0.399. The monoisotopic (exact) mass is 96.0 g/mol. The van der Waals surface area contributed by atoms with Crippen molar-refractivity contribution in [2.75, 3.05) is 6.61 Å². The van der Waals surface area contributed by atoms with Crippen molar-refractivity contribution in [1.82, 2.24) is 5.48 Å². The molecule has 0 saturated heterocycles. The van der Waals surface area contributed by atoms with E-state index in [2.05, 4.69) is 10.3 Å². The normalized spacial score (nSPS) is 17.3. The summed E-state index contributed by atoms with van der Waals surface area (Å²) in [5.74, 6) is 0. The lowest BCUT2D eigenvalue weighted by Crippen LogP contribution is -1.96. The van der Waals surface area contributed by atoms with Gasteiger partial charge in [0.25, 0.3) is 0 Å². The summed E-state index contributed by atoms with van der Waals surface area (Å²) < 4.78 is 0. The molecule has 0 aromatic rings. The third kappa shape index (κ3) is 0.699. The van der Waals surface area contributed by atoms with Crippen LogP contribution >= 0.6 is 0 Å². The van der Waals surface area contributed by atoms with Gasteiger partial charge in [-0.1, -0.05) is 0 Å². The molecule has 1 N–H and O–H groups in total. The van der Waals surface area contributed by atoms with E-state index >= 15 is 0 Å². The predicted octanol–water partition coefficient (Wildman–Crippen LogP) is -0.0713. The second-order valence-corrected chi connectivity index (χ2v) is 1.19. The summed E-state index contributed by atoms with van der Waals surface area (Å²) >= 11 is 0. The van der Waals surface area contributed by atoms with E-state index in [-0.39, 0.29) is 0 Å². The van der Waals surface area contributed by atoms with Crippen LogP contribution in [0.4, 0.5) is 0 Å². The summed E-state index contributed by atoms with van der Waals surface area (Å²) in [5.41, 5.74) is 3.08.